The monoisotopic (exact) mass is 554 g/mol. The number of carbonyl (C=O) groups is 1. The molecule has 0 spiro atoms. The molecule has 0 radical (unpaired) electrons. The van der Waals surface area contributed by atoms with Gasteiger partial charge in [-0.05, 0) is 58.2 Å². The number of ether oxygens (including phenoxy) is 4. The normalized spacial score (nSPS) is 14.9. The summed E-state index contributed by atoms with van der Waals surface area (Å²) in [5.74, 6) is 1.47. The molecule has 1 heterocycles. The van der Waals surface area contributed by atoms with Gasteiger partial charge in [0.1, 0.15) is 11.5 Å². The van der Waals surface area contributed by atoms with Gasteiger partial charge in [-0.2, -0.15) is 0 Å². The topological polar surface area (TPSA) is 60.5 Å². The highest BCUT2D eigenvalue weighted by molar-refractivity contribution is 5.87. The molecule has 2 rings (SSSR count). The van der Waals surface area contributed by atoms with Gasteiger partial charge in [-0.25, -0.2) is 0 Å². The number of rotatable bonds is 15. The van der Waals surface area contributed by atoms with E-state index in [9.17, 15) is 4.79 Å². The predicted molar refractivity (Wildman–Crippen MR) is 164 cm³/mol. The zero-order valence-electron chi connectivity index (χ0n) is 25.7. The highest BCUT2D eigenvalue weighted by Gasteiger charge is 2.23. The second-order valence-corrected chi connectivity index (χ2v) is 9.68. The Morgan fingerprint density at radius 2 is 1.85 bits per heavy atom. The van der Waals surface area contributed by atoms with E-state index >= 15 is 0 Å². The molecule has 40 heavy (non-hydrogen) atoms. The number of amides is 1. The number of likely N-dealkylation sites (tertiary alicyclic amines) is 1. The van der Waals surface area contributed by atoms with E-state index in [-0.39, 0.29) is 5.91 Å². The minimum atomic E-state index is -0.0828. The highest BCUT2D eigenvalue weighted by atomic mass is 16.5. The molecule has 1 aromatic carbocycles. The molecule has 1 amide bonds. The standard InChI is InChI=1S/C23H38N2O5.C10H12/c1-7-21(29-5)22(30-6)17-20(28-4)12-13-23(26)24(8-2)15-10-16-25-14-9-11-19(25)18-27-3;1-9(2)8-10-6-4-3-5-7-10/h7,13,19H,1,8-11,14-18H2,2-6H3;3-8H,1-2H3/b22-21-;/t12?,19-;/m1./s1. The molecule has 1 aliphatic heterocycles. The Morgan fingerprint density at radius 1 is 1.12 bits per heavy atom. The van der Waals surface area contributed by atoms with E-state index in [2.05, 4.69) is 61.4 Å². The molecule has 1 aromatic rings. The molecule has 0 bridgehead atoms. The lowest BCUT2D eigenvalue weighted by Gasteiger charge is -2.25. The Balaban J connectivity index is 0.000000667. The fraction of sp³-hybridized carbons (Fsp3) is 0.515. The van der Waals surface area contributed by atoms with E-state index in [0.29, 0.717) is 42.8 Å². The Morgan fingerprint density at radius 3 is 2.40 bits per heavy atom. The first-order chi connectivity index (χ1) is 19.3. The molecule has 7 nitrogen and oxygen atoms in total. The maximum Gasteiger partial charge on any atom is 0.254 e. The lowest BCUT2D eigenvalue weighted by Crippen LogP contribution is -2.36. The summed E-state index contributed by atoms with van der Waals surface area (Å²) in [6.45, 7) is 14.1. The number of likely N-dealkylation sites (N-methyl/N-ethyl adjacent to an activating group) is 1. The van der Waals surface area contributed by atoms with Gasteiger partial charge < -0.3 is 23.8 Å². The van der Waals surface area contributed by atoms with Crippen molar-refractivity contribution in [2.24, 2.45) is 0 Å². The van der Waals surface area contributed by atoms with E-state index in [4.69, 9.17) is 18.9 Å². The van der Waals surface area contributed by atoms with Gasteiger partial charge in [0.15, 0.2) is 5.76 Å². The molecule has 0 N–H and O–H groups in total. The molecule has 1 saturated heterocycles. The van der Waals surface area contributed by atoms with Crippen molar-refractivity contribution in [3.63, 3.8) is 0 Å². The number of methoxy groups -OCH3 is 4. The van der Waals surface area contributed by atoms with E-state index in [1.807, 2.05) is 17.9 Å². The lowest BCUT2D eigenvalue weighted by molar-refractivity contribution is -0.125. The van der Waals surface area contributed by atoms with Crippen LogP contribution < -0.4 is 0 Å². The summed E-state index contributed by atoms with van der Waals surface area (Å²) < 4.78 is 21.2. The molecular formula is C33H50N2O5. The Hall–Kier alpha value is -3.25. The summed E-state index contributed by atoms with van der Waals surface area (Å²) in [5, 5.41) is 0. The molecule has 0 aliphatic carbocycles. The Bertz CT molecular complexity index is 1000. The predicted octanol–water partition coefficient (Wildman–Crippen LogP) is 6.21. The van der Waals surface area contributed by atoms with Crippen LogP contribution in [0.1, 0.15) is 52.0 Å². The molecule has 0 saturated carbocycles. The maximum atomic E-state index is 12.6. The second kappa shape index (κ2) is 20.6. The van der Waals surface area contributed by atoms with Crippen molar-refractivity contribution in [3.05, 3.63) is 83.2 Å². The number of benzene rings is 1. The largest absolute Gasteiger partial charge is 0.497 e. The van der Waals surface area contributed by atoms with Crippen LogP contribution >= 0.6 is 0 Å². The van der Waals surface area contributed by atoms with Gasteiger partial charge >= 0.3 is 0 Å². The molecule has 0 aromatic heterocycles. The Kier molecular flexibility index (Phi) is 17.9. The van der Waals surface area contributed by atoms with Crippen molar-refractivity contribution in [1.82, 2.24) is 9.80 Å². The molecule has 1 fully saturated rings. The SMILES string of the molecule is C=C/C(OC)=C(\CC(=C=CC(=O)N(CC)CCCN1CCC[C@@H]1COC)OC)OC.CC(C)=Cc1ccccc1. The summed E-state index contributed by atoms with van der Waals surface area (Å²) in [6.07, 6.45) is 8.81. The van der Waals surface area contributed by atoms with Gasteiger partial charge in [-0.15, -0.1) is 0 Å². The van der Waals surface area contributed by atoms with Crippen molar-refractivity contribution < 1.29 is 23.7 Å². The lowest BCUT2D eigenvalue weighted by atomic mass is 10.2. The fourth-order valence-electron chi connectivity index (χ4n) is 4.47. The van der Waals surface area contributed by atoms with Crippen LogP contribution in [-0.2, 0) is 23.7 Å². The van der Waals surface area contributed by atoms with Gasteiger partial charge in [0.05, 0.1) is 34.4 Å². The van der Waals surface area contributed by atoms with Crippen LogP contribution in [0.4, 0.5) is 0 Å². The molecule has 0 unspecified atom stereocenters. The summed E-state index contributed by atoms with van der Waals surface area (Å²) in [7, 11) is 6.39. The van der Waals surface area contributed by atoms with Crippen LogP contribution in [0.25, 0.3) is 6.08 Å². The van der Waals surface area contributed by atoms with E-state index in [1.165, 1.54) is 30.1 Å². The minimum Gasteiger partial charge on any atom is -0.497 e. The summed E-state index contributed by atoms with van der Waals surface area (Å²) in [4.78, 5) is 16.9. The zero-order chi connectivity index (χ0) is 29.8. The van der Waals surface area contributed by atoms with Crippen molar-refractivity contribution in [3.8, 4) is 0 Å². The van der Waals surface area contributed by atoms with Gasteiger partial charge in [-0.1, -0.05) is 54.3 Å². The molecular weight excluding hydrogens is 504 g/mol. The molecule has 1 atom stereocenters. The first-order valence-corrected chi connectivity index (χ1v) is 14.0. The first-order valence-electron chi connectivity index (χ1n) is 14.0. The molecule has 1 aliphatic rings. The smallest absolute Gasteiger partial charge is 0.254 e. The van der Waals surface area contributed by atoms with Crippen molar-refractivity contribution in [1.29, 1.82) is 0 Å². The van der Waals surface area contributed by atoms with Crippen LogP contribution in [0.15, 0.2) is 77.6 Å². The summed E-state index contributed by atoms with van der Waals surface area (Å²) in [6, 6.07) is 10.8. The third-order valence-corrected chi connectivity index (χ3v) is 6.53. The highest BCUT2D eigenvalue weighted by Crippen LogP contribution is 2.18. The van der Waals surface area contributed by atoms with Crippen LogP contribution in [-0.4, -0.2) is 83.0 Å². The number of hydrogen-bond donors (Lipinski definition) is 0. The number of allylic oxidation sites excluding steroid dienone is 2. The fourth-order valence-corrected chi connectivity index (χ4v) is 4.47. The number of carbonyl (C=O) groups excluding carboxylic acids is 1. The van der Waals surface area contributed by atoms with Crippen LogP contribution in [0.2, 0.25) is 0 Å². The van der Waals surface area contributed by atoms with Gasteiger partial charge in [0.2, 0.25) is 0 Å². The second-order valence-electron chi connectivity index (χ2n) is 9.68. The van der Waals surface area contributed by atoms with Gasteiger partial charge in [0.25, 0.3) is 5.91 Å². The van der Waals surface area contributed by atoms with E-state index in [1.54, 1.807) is 34.5 Å². The van der Waals surface area contributed by atoms with Crippen molar-refractivity contribution in [2.75, 3.05) is 61.2 Å². The average Bonchev–Trinajstić information content (AvgIpc) is 3.40. The van der Waals surface area contributed by atoms with Crippen molar-refractivity contribution in [2.45, 2.75) is 52.5 Å². The molecule has 222 valence electrons. The Labute approximate surface area is 242 Å². The van der Waals surface area contributed by atoms with Crippen molar-refractivity contribution >= 4 is 12.0 Å². The minimum absolute atomic E-state index is 0.0828. The number of hydrogen-bond acceptors (Lipinski definition) is 6. The third kappa shape index (κ3) is 13.2. The molecule has 7 heteroatoms. The zero-order valence-corrected chi connectivity index (χ0v) is 25.7. The van der Waals surface area contributed by atoms with Gasteiger partial charge in [0, 0.05) is 38.9 Å². The first kappa shape index (κ1) is 34.8. The number of nitrogens with zero attached hydrogens (tertiary/aromatic N) is 2. The van der Waals surface area contributed by atoms with Crippen LogP contribution in [0, 0.1) is 0 Å². The quantitative estimate of drug-likeness (QED) is 0.111. The maximum absolute atomic E-state index is 12.6. The summed E-state index contributed by atoms with van der Waals surface area (Å²) >= 11 is 0. The van der Waals surface area contributed by atoms with Gasteiger partial charge in [-0.3, -0.25) is 9.69 Å². The van der Waals surface area contributed by atoms with Crippen LogP contribution in [0.5, 0.6) is 0 Å². The van der Waals surface area contributed by atoms with Crippen LogP contribution in [0.3, 0.4) is 0 Å². The van der Waals surface area contributed by atoms with E-state index in [0.717, 1.165) is 26.1 Å². The summed E-state index contributed by atoms with van der Waals surface area (Å²) in [5.41, 5.74) is 5.57. The average molecular weight is 555 g/mol. The van der Waals surface area contributed by atoms with E-state index < -0.39 is 0 Å². The third-order valence-electron chi connectivity index (χ3n) is 6.53.